The Hall–Kier alpha value is -0.0700. The highest BCUT2D eigenvalue weighted by Crippen LogP contribution is 2.52. The smallest absolute Gasteiger partial charge is 0.210 e. The molecule has 1 heterocycles. The number of rotatable bonds is 2. The molecule has 0 aromatic carbocycles. The normalized spacial score (nSPS) is 32.4. The molecule has 0 radical (unpaired) electrons. The van der Waals surface area contributed by atoms with Gasteiger partial charge in [-0.2, -0.15) is 0 Å². The zero-order chi connectivity index (χ0) is 7.61. The number of hydrogen-bond acceptors (Lipinski definition) is 2. The summed E-state index contributed by atoms with van der Waals surface area (Å²) in [5, 5.41) is 0. The van der Waals surface area contributed by atoms with E-state index < -0.39 is 7.37 Å². The molecule has 0 saturated carbocycles. The van der Waals surface area contributed by atoms with Gasteiger partial charge < -0.3 is 4.52 Å². The minimum Gasteiger partial charge on any atom is -0.328 e. The fourth-order valence-corrected chi connectivity index (χ4v) is 3.41. The predicted molar refractivity (Wildman–Crippen MR) is 42.7 cm³/mol. The molecule has 0 saturated heterocycles. The van der Waals surface area contributed by atoms with Gasteiger partial charge >= 0.3 is 0 Å². The molecule has 0 bridgehead atoms. The second-order valence-electron chi connectivity index (χ2n) is 2.62. The van der Waals surface area contributed by atoms with Crippen LogP contribution in [0.25, 0.3) is 0 Å². The van der Waals surface area contributed by atoms with Crippen molar-refractivity contribution in [1.82, 2.24) is 0 Å². The zero-order valence-electron chi connectivity index (χ0n) is 6.46. The maximum atomic E-state index is 11.5. The fourth-order valence-electron chi connectivity index (χ4n) is 1.14. The molecule has 0 fully saturated rings. The molecule has 2 nitrogen and oxygen atoms in total. The van der Waals surface area contributed by atoms with Crippen molar-refractivity contribution in [2.24, 2.45) is 0 Å². The van der Waals surface area contributed by atoms with Crippen molar-refractivity contribution in [3.8, 4) is 0 Å². The minimum atomic E-state index is -2.22. The standard InChI is InChI=1S/C7H13O2P/c1-3-9-10(8)5-4-7(2)6-10/h4H,3,5-6H2,1-2H3. The Labute approximate surface area is 61.7 Å². The second kappa shape index (κ2) is 2.89. The first-order valence-electron chi connectivity index (χ1n) is 3.54. The van der Waals surface area contributed by atoms with E-state index in [4.69, 9.17) is 4.52 Å². The first kappa shape index (κ1) is 8.03. The fraction of sp³-hybridized carbons (Fsp3) is 0.714. The Kier molecular flexibility index (Phi) is 2.32. The third-order valence-corrected chi connectivity index (χ3v) is 4.02. The highest BCUT2D eigenvalue weighted by atomic mass is 31.2. The van der Waals surface area contributed by atoms with Crippen LogP contribution in [0.3, 0.4) is 0 Å². The van der Waals surface area contributed by atoms with Gasteiger partial charge in [-0.1, -0.05) is 11.6 Å². The van der Waals surface area contributed by atoms with Crippen molar-refractivity contribution >= 4 is 7.37 Å². The summed E-state index contributed by atoms with van der Waals surface area (Å²) in [5.41, 5.74) is 1.21. The lowest BCUT2D eigenvalue weighted by atomic mass is 10.3. The van der Waals surface area contributed by atoms with Crippen LogP contribution in [0.1, 0.15) is 13.8 Å². The van der Waals surface area contributed by atoms with E-state index in [1.807, 2.05) is 19.9 Å². The first-order chi connectivity index (χ1) is 4.66. The van der Waals surface area contributed by atoms with E-state index in [1.54, 1.807) is 0 Å². The van der Waals surface area contributed by atoms with Crippen molar-refractivity contribution < 1.29 is 9.09 Å². The number of allylic oxidation sites excluding steroid dienone is 2. The Bertz CT molecular complexity index is 196. The Morgan fingerprint density at radius 2 is 2.50 bits per heavy atom. The van der Waals surface area contributed by atoms with E-state index in [-0.39, 0.29) is 0 Å². The zero-order valence-corrected chi connectivity index (χ0v) is 7.36. The van der Waals surface area contributed by atoms with Crippen LogP contribution in [0.4, 0.5) is 0 Å². The van der Waals surface area contributed by atoms with Crippen molar-refractivity contribution in [2.45, 2.75) is 13.8 Å². The Morgan fingerprint density at radius 3 is 2.90 bits per heavy atom. The van der Waals surface area contributed by atoms with Gasteiger partial charge in [0.05, 0.1) is 6.61 Å². The molecule has 58 valence electrons. The van der Waals surface area contributed by atoms with Crippen LogP contribution in [0.15, 0.2) is 11.6 Å². The summed E-state index contributed by atoms with van der Waals surface area (Å²) in [6.07, 6.45) is 3.32. The van der Waals surface area contributed by atoms with Gasteiger partial charge in [0.25, 0.3) is 0 Å². The molecule has 0 aromatic rings. The first-order valence-corrected chi connectivity index (χ1v) is 5.54. The molecule has 0 N–H and O–H groups in total. The monoisotopic (exact) mass is 160 g/mol. The molecule has 0 spiro atoms. The summed E-state index contributed by atoms with van der Waals surface area (Å²) in [6.45, 7) is 4.45. The van der Waals surface area contributed by atoms with Gasteiger partial charge in [-0.3, -0.25) is 4.57 Å². The van der Waals surface area contributed by atoms with Gasteiger partial charge in [-0.25, -0.2) is 0 Å². The van der Waals surface area contributed by atoms with Crippen molar-refractivity contribution in [3.05, 3.63) is 11.6 Å². The van der Waals surface area contributed by atoms with Crippen LogP contribution in [-0.2, 0) is 9.09 Å². The topological polar surface area (TPSA) is 26.3 Å². The van der Waals surface area contributed by atoms with E-state index in [1.165, 1.54) is 5.57 Å². The van der Waals surface area contributed by atoms with Gasteiger partial charge in [0.1, 0.15) is 0 Å². The van der Waals surface area contributed by atoms with Crippen LogP contribution in [0.2, 0.25) is 0 Å². The molecule has 1 aliphatic rings. The summed E-state index contributed by atoms with van der Waals surface area (Å²) in [7, 11) is -2.22. The summed E-state index contributed by atoms with van der Waals surface area (Å²) in [5.74, 6) is 0. The molecule has 1 rings (SSSR count). The Balaban J connectivity index is 2.53. The molecule has 0 amide bonds. The molecule has 1 aliphatic heterocycles. The van der Waals surface area contributed by atoms with Crippen LogP contribution in [0, 0.1) is 0 Å². The highest BCUT2D eigenvalue weighted by Gasteiger charge is 2.26. The van der Waals surface area contributed by atoms with Crippen molar-refractivity contribution in [1.29, 1.82) is 0 Å². The summed E-state index contributed by atoms with van der Waals surface area (Å²) in [6, 6.07) is 0. The van der Waals surface area contributed by atoms with E-state index in [9.17, 15) is 4.57 Å². The molecular weight excluding hydrogens is 147 g/mol. The van der Waals surface area contributed by atoms with Gasteiger partial charge in [-0.05, 0) is 13.8 Å². The minimum absolute atomic E-state index is 0.568. The molecule has 1 atom stereocenters. The third-order valence-electron chi connectivity index (χ3n) is 1.57. The van der Waals surface area contributed by atoms with E-state index in [0.717, 1.165) is 0 Å². The van der Waals surface area contributed by atoms with Crippen molar-refractivity contribution in [2.75, 3.05) is 18.9 Å². The Morgan fingerprint density at radius 1 is 1.80 bits per heavy atom. The van der Waals surface area contributed by atoms with Crippen LogP contribution in [0.5, 0.6) is 0 Å². The molecule has 3 heteroatoms. The summed E-state index contributed by atoms with van der Waals surface area (Å²) < 4.78 is 16.7. The maximum absolute atomic E-state index is 11.5. The van der Waals surface area contributed by atoms with Gasteiger partial charge in [0.2, 0.25) is 7.37 Å². The van der Waals surface area contributed by atoms with E-state index in [2.05, 4.69) is 0 Å². The quantitative estimate of drug-likeness (QED) is 0.457. The van der Waals surface area contributed by atoms with Gasteiger partial charge in [0.15, 0.2) is 0 Å². The van der Waals surface area contributed by atoms with Gasteiger partial charge in [0, 0.05) is 12.3 Å². The lowest BCUT2D eigenvalue weighted by Gasteiger charge is -2.09. The summed E-state index contributed by atoms with van der Waals surface area (Å²) in [4.78, 5) is 0. The molecular formula is C7H13O2P. The third kappa shape index (κ3) is 1.71. The van der Waals surface area contributed by atoms with Crippen LogP contribution < -0.4 is 0 Å². The number of hydrogen-bond donors (Lipinski definition) is 0. The van der Waals surface area contributed by atoms with E-state index >= 15 is 0 Å². The lowest BCUT2D eigenvalue weighted by molar-refractivity contribution is 0.338. The highest BCUT2D eigenvalue weighted by molar-refractivity contribution is 7.59. The SMILES string of the molecule is CCOP1(=O)CC=C(C)C1. The predicted octanol–water partition coefficient (Wildman–Crippen LogP) is 2.26. The molecule has 0 aromatic heterocycles. The van der Waals surface area contributed by atoms with E-state index in [0.29, 0.717) is 18.9 Å². The maximum Gasteiger partial charge on any atom is 0.210 e. The lowest BCUT2D eigenvalue weighted by Crippen LogP contribution is -1.92. The summed E-state index contributed by atoms with van der Waals surface area (Å²) >= 11 is 0. The van der Waals surface area contributed by atoms with Crippen LogP contribution >= 0.6 is 7.37 Å². The van der Waals surface area contributed by atoms with Crippen LogP contribution in [-0.4, -0.2) is 18.9 Å². The average molecular weight is 160 g/mol. The van der Waals surface area contributed by atoms with Crippen molar-refractivity contribution in [3.63, 3.8) is 0 Å². The molecule has 1 unspecified atom stereocenters. The average Bonchev–Trinajstić information content (AvgIpc) is 2.12. The second-order valence-corrected chi connectivity index (χ2v) is 5.19. The molecule has 10 heavy (non-hydrogen) atoms. The molecule has 0 aliphatic carbocycles. The largest absolute Gasteiger partial charge is 0.328 e. The van der Waals surface area contributed by atoms with Gasteiger partial charge in [-0.15, -0.1) is 0 Å².